The number of carbonyl (C=O) groups excluding carboxylic acids is 1. The number of fused-ring (bicyclic) bond motifs is 1. The molecule has 1 saturated heterocycles. The number of aromatic nitrogens is 3. The Kier molecular flexibility index (Phi) is 4.79. The third-order valence-electron chi connectivity index (χ3n) is 5.42. The number of hydrogen-bond acceptors (Lipinski definition) is 4. The number of carbonyl (C=O) groups is 1. The molecule has 6 nitrogen and oxygen atoms in total. The normalized spacial score (nSPS) is 15.9. The summed E-state index contributed by atoms with van der Waals surface area (Å²) in [5, 5.41) is 0. The average molecular weight is 363 g/mol. The van der Waals surface area contributed by atoms with Crippen LogP contribution < -0.4 is 4.90 Å². The predicted molar refractivity (Wildman–Crippen MR) is 107 cm³/mol. The molecule has 1 aliphatic rings. The summed E-state index contributed by atoms with van der Waals surface area (Å²) >= 11 is 0. The fraction of sp³-hybridized carbons (Fsp3) is 0.381. The first-order valence-corrected chi connectivity index (χ1v) is 9.47. The van der Waals surface area contributed by atoms with E-state index in [0.29, 0.717) is 6.42 Å². The second kappa shape index (κ2) is 7.39. The van der Waals surface area contributed by atoms with Gasteiger partial charge < -0.3 is 14.4 Å². The largest absolute Gasteiger partial charge is 0.339 e. The van der Waals surface area contributed by atoms with Crippen LogP contribution >= 0.6 is 0 Å². The van der Waals surface area contributed by atoms with Crippen molar-refractivity contribution in [3.05, 3.63) is 54.4 Å². The van der Waals surface area contributed by atoms with E-state index in [0.717, 1.165) is 43.2 Å². The predicted octanol–water partition coefficient (Wildman–Crippen LogP) is 2.81. The van der Waals surface area contributed by atoms with Gasteiger partial charge in [0.25, 0.3) is 0 Å². The zero-order valence-electron chi connectivity index (χ0n) is 15.9. The lowest BCUT2D eigenvalue weighted by Crippen LogP contribution is -2.49. The Morgan fingerprint density at radius 3 is 2.56 bits per heavy atom. The Hall–Kier alpha value is -2.89. The zero-order valence-corrected chi connectivity index (χ0v) is 15.9. The molecule has 0 radical (unpaired) electrons. The van der Waals surface area contributed by atoms with Gasteiger partial charge in [-0.25, -0.2) is 4.98 Å². The van der Waals surface area contributed by atoms with E-state index in [2.05, 4.69) is 33.5 Å². The lowest BCUT2D eigenvalue weighted by atomic mass is 9.97. The van der Waals surface area contributed by atoms with E-state index < -0.39 is 0 Å². The first kappa shape index (κ1) is 17.5. The summed E-state index contributed by atoms with van der Waals surface area (Å²) < 4.78 is 2.10. The summed E-state index contributed by atoms with van der Waals surface area (Å²) in [5.41, 5.74) is 3.21. The molecule has 1 aromatic carbocycles. The van der Waals surface area contributed by atoms with E-state index in [1.54, 1.807) is 12.4 Å². The number of imidazole rings is 1. The zero-order chi connectivity index (χ0) is 18.8. The van der Waals surface area contributed by atoms with Crippen molar-refractivity contribution in [3.8, 4) is 0 Å². The molecule has 3 aromatic rings. The number of hydrogen-bond donors (Lipinski definition) is 0. The molecule has 1 fully saturated rings. The molecule has 1 aliphatic heterocycles. The first-order chi connectivity index (χ1) is 13.1. The summed E-state index contributed by atoms with van der Waals surface area (Å²) in [6, 6.07) is 12.2. The number of aryl methyl sites for hydroxylation is 1. The van der Waals surface area contributed by atoms with Gasteiger partial charge in [0.05, 0.1) is 11.7 Å². The lowest BCUT2D eigenvalue weighted by Gasteiger charge is -2.35. The van der Waals surface area contributed by atoms with Crippen LogP contribution in [0, 0.1) is 0 Å². The number of anilines is 1. The maximum absolute atomic E-state index is 12.7. The molecule has 0 aliphatic carbocycles. The van der Waals surface area contributed by atoms with Crippen molar-refractivity contribution in [2.75, 3.05) is 31.1 Å². The summed E-state index contributed by atoms with van der Waals surface area (Å²) in [6.45, 7) is 5.20. The van der Waals surface area contributed by atoms with Gasteiger partial charge in [0.2, 0.25) is 11.9 Å². The van der Waals surface area contributed by atoms with Gasteiger partial charge in [0.15, 0.2) is 0 Å². The van der Waals surface area contributed by atoms with E-state index in [9.17, 15) is 4.79 Å². The quantitative estimate of drug-likeness (QED) is 0.715. The van der Waals surface area contributed by atoms with Crippen molar-refractivity contribution < 1.29 is 4.79 Å². The third-order valence-corrected chi connectivity index (χ3v) is 5.42. The van der Waals surface area contributed by atoms with Crippen LogP contribution in [0.15, 0.2) is 48.8 Å². The minimum Gasteiger partial charge on any atom is -0.339 e. The molecule has 140 valence electrons. The van der Waals surface area contributed by atoms with Crippen molar-refractivity contribution in [2.45, 2.75) is 19.3 Å². The molecule has 4 rings (SSSR count). The SMILES string of the molecule is CC(CC(=O)N1CCN(c2nc3cnccc3n2C)CC1)c1ccccc1. The molecule has 6 heteroatoms. The standard InChI is InChI=1S/C21H25N5O/c1-16(17-6-4-3-5-7-17)14-20(27)25-10-12-26(13-11-25)21-23-18-15-22-9-8-19(18)24(21)2/h3-9,15-16H,10-14H2,1-2H3. The van der Waals surface area contributed by atoms with Crippen molar-refractivity contribution in [2.24, 2.45) is 7.05 Å². The van der Waals surface area contributed by atoms with Crippen molar-refractivity contribution in [3.63, 3.8) is 0 Å². The molecule has 1 amide bonds. The van der Waals surface area contributed by atoms with Crippen LogP contribution in [0.5, 0.6) is 0 Å². The molecule has 2 aromatic heterocycles. The van der Waals surface area contributed by atoms with Crippen molar-refractivity contribution in [1.82, 2.24) is 19.4 Å². The van der Waals surface area contributed by atoms with Gasteiger partial charge >= 0.3 is 0 Å². The first-order valence-electron chi connectivity index (χ1n) is 9.47. The van der Waals surface area contributed by atoms with Gasteiger partial charge in [-0.2, -0.15) is 0 Å². The van der Waals surface area contributed by atoms with Crippen LogP contribution in [-0.2, 0) is 11.8 Å². The maximum Gasteiger partial charge on any atom is 0.223 e. The second-order valence-electron chi connectivity index (χ2n) is 7.22. The number of piperazine rings is 1. The molecule has 27 heavy (non-hydrogen) atoms. The minimum atomic E-state index is 0.236. The van der Waals surface area contributed by atoms with E-state index in [4.69, 9.17) is 4.98 Å². The van der Waals surface area contributed by atoms with E-state index >= 15 is 0 Å². The molecule has 1 atom stereocenters. The van der Waals surface area contributed by atoms with Crippen LogP contribution in [0.1, 0.15) is 24.8 Å². The maximum atomic E-state index is 12.7. The number of benzene rings is 1. The molecule has 3 heterocycles. The highest BCUT2D eigenvalue weighted by molar-refractivity contribution is 5.79. The van der Waals surface area contributed by atoms with E-state index in [1.807, 2.05) is 36.2 Å². The molecule has 0 saturated carbocycles. The van der Waals surface area contributed by atoms with Crippen molar-refractivity contribution >= 4 is 22.9 Å². The minimum absolute atomic E-state index is 0.236. The topological polar surface area (TPSA) is 54.3 Å². The Bertz CT molecular complexity index is 928. The Morgan fingerprint density at radius 2 is 1.85 bits per heavy atom. The van der Waals surface area contributed by atoms with Crippen LogP contribution in [0.4, 0.5) is 5.95 Å². The van der Waals surface area contributed by atoms with Gasteiger partial charge in [-0.15, -0.1) is 0 Å². The highest BCUT2D eigenvalue weighted by Crippen LogP contribution is 2.23. The Morgan fingerprint density at radius 1 is 1.11 bits per heavy atom. The molecule has 0 spiro atoms. The number of nitrogens with zero attached hydrogens (tertiary/aromatic N) is 5. The average Bonchev–Trinajstić information content (AvgIpc) is 3.05. The highest BCUT2D eigenvalue weighted by Gasteiger charge is 2.25. The summed E-state index contributed by atoms with van der Waals surface area (Å²) in [5.74, 6) is 1.42. The van der Waals surface area contributed by atoms with Crippen LogP contribution in [0.25, 0.3) is 11.0 Å². The van der Waals surface area contributed by atoms with Crippen LogP contribution in [0.2, 0.25) is 0 Å². The smallest absolute Gasteiger partial charge is 0.223 e. The fourth-order valence-electron chi connectivity index (χ4n) is 3.77. The van der Waals surface area contributed by atoms with E-state index in [1.165, 1.54) is 5.56 Å². The summed E-state index contributed by atoms with van der Waals surface area (Å²) in [4.78, 5) is 25.8. The van der Waals surface area contributed by atoms with Crippen molar-refractivity contribution in [1.29, 1.82) is 0 Å². The lowest BCUT2D eigenvalue weighted by molar-refractivity contribution is -0.131. The van der Waals surface area contributed by atoms with Gasteiger partial charge in [0, 0.05) is 45.8 Å². The Balaban J connectivity index is 1.38. The molecular weight excluding hydrogens is 338 g/mol. The monoisotopic (exact) mass is 363 g/mol. The van der Waals surface area contributed by atoms with Crippen LogP contribution in [0.3, 0.4) is 0 Å². The van der Waals surface area contributed by atoms with Gasteiger partial charge in [-0.05, 0) is 17.5 Å². The molecular formula is C21H25N5O. The summed E-state index contributed by atoms with van der Waals surface area (Å²) in [6.07, 6.45) is 4.14. The molecule has 0 bridgehead atoms. The molecule has 0 N–H and O–H groups in total. The molecule has 1 unspecified atom stereocenters. The second-order valence-corrected chi connectivity index (χ2v) is 7.22. The van der Waals surface area contributed by atoms with Gasteiger partial charge in [0.1, 0.15) is 5.52 Å². The highest BCUT2D eigenvalue weighted by atomic mass is 16.2. The van der Waals surface area contributed by atoms with Gasteiger partial charge in [-0.3, -0.25) is 9.78 Å². The third kappa shape index (κ3) is 3.52. The van der Waals surface area contributed by atoms with Crippen LogP contribution in [-0.4, -0.2) is 51.5 Å². The number of amides is 1. The summed E-state index contributed by atoms with van der Waals surface area (Å²) in [7, 11) is 2.03. The number of pyridine rings is 1. The Labute approximate surface area is 159 Å². The van der Waals surface area contributed by atoms with E-state index in [-0.39, 0.29) is 11.8 Å². The van der Waals surface area contributed by atoms with Gasteiger partial charge in [-0.1, -0.05) is 37.3 Å². The fourth-order valence-corrected chi connectivity index (χ4v) is 3.77. The number of rotatable bonds is 4.